The minimum absolute atomic E-state index is 0.186. The lowest BCUT2D eigenvalue weighted by Gasteiger charge is -2.20. The van der Waals surface area contributed by atoms with E-state index in [-0.39, 0.29) is 13.2 Å². The average Bonchev–Trinajstić information content (AvgIpc) is 2.51. The third kappa shape index (κ3) is 3.20. The molecule has 0 spiro atoms. The molecule has 1 aliphatic heterocycles. The first kappa shape index (κ1) is 10.3. The van der Waals surface area contributed by atoms with E-state index in [9.17, 15) is 9.90 Å². The maximum absolute atomic E-state index is 10.9. The van der Waals surface area contributed by atoms with Gasteiger partial charge in [0.2, 0.25) is 0 Å². The van der Waals surface area contributed by atoms with E-state index >= 15 is 0 Å². The van der Waals surface area contributed by atoms with Gasteiger partial charge in [-0.2, -0.15) is 0 Å². The van der Waals surface area contributed by atoms with Crippen molar-refractivity contribution in [2.45, 2.75) is 18.9 Å². The van der Waals surface area contributed by atoms with Crippen molar-refractivity contribution < 1.29 is 19.4 Å². The van der Waals surface area contributed by atoms with Crippen molar-refractivity contribution in [3.8, 4) is 0 Å². The van der Waals surface area contributed by atoms with Crippen LogP contribution in [0.5, 0.6) is 0 Å². The first-order chi connectivity index (χ1) is 6.16. The minimum Gasteiger partial charge on any atom is -0.450 e. The van der Waals surface area contributed by atoms with Crippen molar-refractivity contribution in [3.63, 3.8) is 0 Å². The molecule has 5 nitrogen and oxygen atoms in total. The van der Waals surface area contributed by atoms with Crippen LogP contribution in [-0.4, -0.2) is 43.2 Å². The Labute approximate surface area is 77.0 Å². The highest BCUT2D eigenvalue weighted by Crippen LogP contribution is 2.16. The molecule has 0 aromatic heterocycles. The zero-order chi connectivity index (χ0) is 9.73. The number of carbonyl (C=O) groups is 1. The molecule has 2 N–H and O–H groups in total. The lowest BCUT2D eigenvalue weighted by molar-refractivity contribution is 0.0261. The second-order valence-electron chi connectivity index (χ2n) is 3.10. The molecule has 0 bridgehead atoms. The summed E-state index contributed by atoms with van der Waals surface area (Å²) < 4.78 is 9.65. The van der Waals surface area contributed by atoms with Gasteiger partial charge in [-0.3, -0.25) is 0 Å². The average molecular weight is 189 g/mol. The van der Waals surface area contributed by atoms with Crippen LogP contribution in [0.25, 0.3) is 0 Å². The van der Waals surface area contributed by atoms with Gasteiger partial charge in [0.1, 0.15) is 5.60 Å². The fourth-order valence-corrected chi connectivity index (χ4v) is 1.15. The summed E-state index contributed by atoms with van der Waals surface area (Å²) in [6, 6.07) is 0. The van der Waals surface area contributed by atoms with E-state index < -0.39 is 11.7 Å². The van der Waals surface area contributed by atoms with Crippen molar-refractivity contribution in [1.29, 1.82) is 0 Å². The predicted octanol–water partition coefficient (Wildman–Crippen LogP) is -0.116. The van der Waals surface area contributed by atoms with Gasteiger partial charge in [0.25, 0.3) is 0 Å². The van der Waals surface area contributed by atoms with Crippen molar-refractivity contribution in [2.75, 3.05) is 26.4 Å². The second kappa shape index (κ2) is 4.43. The fourth-order valence-electron chi connectivity index (χ4n) is 1.15. The van der Waals surface area contributed by atoms with Gasteiger partial charge < -0.3 is 19.9 Å². The molecule has 1 unspecified atom stereocenters. The Morgan fingerprint density at radius 2 is 2.54 bits per heavy atom. The number of amides is 1. The second-order valence-corrected chi connectivity index (χ2v) is 3.10. The van der Waals surface area contributed by atoms with Gasteiger partial charge in [-0.05, 0) is 6.92 Å². The quantitative estimate of drug-likeness (QED) is 0.649. The van der Waals surface area contributed by atoms with Crippen LogP contribution < -0.4 is 5.32 Å². The number of alkyl carbamates (subject to hydrolysis) is 1. The summed E-state index contributed by atoms with van der Waals surface area (Å²) in [6.45, 7) is 3.07. The van der Waals surface area contributed by atoms with Crippen molar-refractivity contribution in [3.05, 3.63) is 0 Å². The van der Waals surface area contributed by atoms with Crippen LogP contribution >= 0.6 is 0 Å². The van der Waals surface area contributed by atoms with E-state index in [2.05, 4.69) is 10.1 Å². The van der Waals surface area contributed by atoms with Crippen LogP contribution in [0.2, 0.25) is 0 Å². The standard InChI is InChI=1S/C8H15NO4/c1-2-13-7(10)9-5-8(11)3-4-12-6-8/h11H,2-6H2,1H3,(H,9,10). The monoisotopic (exact) mass is 189 g/mol. The van der Waals surface area contributed by atoms with Crippen LogP contribution in [0, 0.1) is 0 Å². The smallest absolute Gasteiger partial charge is 0.407 e. The molecule has 0 aromatic rings. The number of rotatable bonds is 3. The Bertz CT molecular complexity index is 177. The van der Waals surface area contributed by atoms with Crippen molar-refractivity contribution in [1.82, 2.24) is 5.32 Å². The maximum Gasteiger partial charge on any atom is 0.407 e. The molecule has 1 aliphatic rings. The lowest BCUT2D eigenvalue weighted by atomic mass is 10.0. The van der Waals surface area contributed by atoms with Gasteiger partial charge in [-0.15, -0.1) is 0 Å². The third-order valence-electron chi connectivity index (χ3n) is 1.92. The number of carbonyl (C=O) groups excluding carboxylic acids is 1. The highest BCUT2D eigenvalue weighted by atomic mass is 16.5. The summed E-state index contributed by atoms with van der Waals surface area (Å²) >= 11 is 0. The largest absolute Gasteiger partial charge is 0.450 e. The summed E-state index contributed by atoms with van der Waals surface area (Å²) in [7, 11) is 0. The molecule has 1 atom stereocenters. The number of hydrogen-bond donors (Lipinski definition) is 2. The molecule has 1 amide bonds. The Morgan fingerprint density at radius 3 is 3.08 bits per heavy atom. The van der Waals surface area contributed by atoms with Crippen LogP contribution in [0.4, 0.5) is 4.79 Å². The highest BCUT2D eigenvalue weighted by molar-refractivity contribution is 5.67. The molecular formula is C8H15NO4. The first-order valence-electron chi connectivity index (χ1n) is 4.37. The zero-order valence-corrected chi connectivity index (χ0v) is 7.71. The molecule has 1 fully saturated rings. The van der Waals surface area contributed by atoms with E-state index in [4.69, 9.17) is 4.74 Å². The number of aliphatic hydroxyl groups is 1. The summed E-state index contributed by atoms with van der Waals surface area (Å²) in [4.78, 5) is 10.9. The first-order valence-corrected chi connectivity index (χ1v) is 4.37. The zero-order valence-electron chi connectivity index (χ0n) is 7.71. The minimum atomic E-state index is -0.910. The van der Waals surface area contributed by atoms with Crippen LogP contribution in [0.15, 0.2) is 0 Å². The van der Waals surface area contributed by atoms with Gasteiger partial charge >= 0.3 is 6.09 Å². The molecule has 0 aromatic carbocycles. The molecular weight excluding hydrogens is 174 g/mol. The highest BCUT2D eigenvalue weighted by Gasteiger charge is 2.32. The number of ether oxygens (including phenoxy) is 2. The molecule has 0 aliphatic carbocycles. The Balaban J connectivity index is 2.21. The Morgan fingerprint density at radius 1 is 1.77 bits per heavy atom. The number of nitrogens with one attached hydrogen (secondary N) is 1. The van der Waals surface area contributed by atoms with Crippen molar-refractivity contribution in [2.24, 2.45) is 0 Å². The topological polar surface area (TPSA) is 67.8 Å². The van der Waals surface area contributed by atoms with Gasteiger partial charge in [0.15, 0.2) is 0 Å². The molecule has 76 valence electrons. The molecule has 0 saturated carbocycles. The maximum atomic E-state index is 10.9. The molecule has 5 heteroatoms. The third-order valence-corrected chi connectivity index (χ3v) is 1.92. The van der Waals surface area contributed by atoms with E-state index in [1.165, 1.54) is 0 Å². The summed E-state index contributed by atoms with van der Waals surface area (Å²) in [5.41, 5.74) is -0.910. The molecule has 1 rings (SSSR count). The van der Waals surface area contributed by atoms with Gasteiger partial charge in [-0.25, -0.2) is 4.79 Å². The van der Waals surface area contributed by atoms with Crippen molar-refractivity contribution >= 4 is 6.09 Å². The van der Waals surface area contributed by atoms with Gasteiger partial charge in [0.05, 0.1) is 19.8 Å². The SMILES string of the molecule is CCOC(=O)NCC1(O)CCOC1. The Hall–Kier alpha value is -0.810. The molecule has 1 heterocycles. The van der Waals surface area contributed by atoms with Crippen LogP contribution in [0.1, 0.15) is 13.3 Å². The van der Waals surface area contributed by atoms with Gasteiger partial charge in [-0.1, -0.05) is 0 Å². The summed E-state index contributed by atoms with van der Waals surface area (Å²) in [6.07, 6.45) is 0.0576. The van der Waals surface area contributed by atoms with Crippen LogP contribution in [0.3, 0.4) is 0 Å². The van der Waals surface area contributed by atoms with Gasteiger partial charge in [0, 0.05) is 13.0 Å². The normalized spacial score (nSPS) is 27.2. The van der Waals surface area contributed by atoms with Crippen LogP contribution in [-0.2, 0) is 9.47 Å². The summed E-state index contributed by atoms with van der Waals surface area (Å²) in [5.74, 6) is 0. The van der Waals surface area contributed by atoms with E-state index in [1.807, 2.05) is 0 Å². The molecule has 0 radical (unpaired) electrons. The van der Waals surface area contributed by atoms with E-state index in [0.717, 1.165) is 0 Å². The molecule has 1 saturated heterocycles. The van der Waals surface area contributed by atoms with E-state index in [1.54, 1.807) is 6.92 Å². The summed E-state index contributed by atoms with van der Waals surface area (Å²) in [5, 5.41) is 12.2. The molecule has 13 heavy (non-hydrogen) atoms. The number of hydrogen-bond acceptors (Lipinski definition) is 4. The van der Waals surface area contributed by atoms with E-state index in [0.29, 0.717) is 19.6 Å². The Kier molecular flexibility index (Phi) is 3.50. The fraction of sp³-hybridized carbons (Fsp3) is 0.875. The predicted molar refractivity (Wildman–Crippen MR) is 45.4 cm³/mol. The lowest BCUT2D eigenvalue weighted by Crippen LogP contribution is -2.43.